The van der Waals surface area contributed by atoms with Gasteiger partial charge in [0.15, 0.2) is 16.3 Å². The number of methoxy groups -OCH3 is 2. The molecule has 0 unspecified atom stereocenters. The van der Waals surface area contributed by atoms with Crippen LogP contribution >= 0.6 is 12.2 Å². The van der Waals surface area contributed by atoms with Gasteiger partial charge in [-0.05, 0) is 24.4 Å². The van der Waals surface area contributed by atoms with Crippen LogP contribution in [0.25, 0.3) is 5.69 Å². The van der Waals surface area contributed by atoms with Crippen LogP contribution in [0.15, 0.2) is 18.2 Å². The molecule has 0 atom stereocenters. The molecule has 0 aliphatic heterocycles. The SMILES string of the molecule is CCc1n[nH]c(=S)n1-c1ccc(OC)c(OC)c1. The van der Waals surface area contributed by atoms with E-state index in [9.17, 15) is 0 Å². The summed E-state index contributed by atoms with van der Waals surface area (Å²) in [6.07, 6.45) is 0.793. The Bertz CT molecular complexity index is 604. The van der Waals surface area contributed by atoms with Crippen LogP contribution in [-0.2, 0) is 6.42 Å². The fourth-order valence-corrected chi connectivity index (χ4v) is 2.05. The van der Waals surface area contributed by atoms with E-state index < -0.39 is 0 Å². The zero-order chi connectivity index (χ0) is 13.1. The molecular formula is C12H15N3O2S. The number of hydrogen-bond donors (Lipinski definition) is 1. The highest BCUT2D eigenvalue weighted by Gasteiger charge is 2.10. The summed E-state index contributed by atoms with van der Waals surface area (Å²) >= 11 is 5.23. The second-order valence-corrected chi connectivity index (χ2v) is 4.06. The molecule has 0 saturated heterocycles. The number of nitrogens with zero attached hydrogens (tertiary/aromatic N) is 2. The van der Waals surface area contributed by atoms with Crippen LogP contribution in [0.5, 0.6) is 11.5 Å². The van der Waals surface area contributed by atoms with Crippen LogP contribution in [0, 0.1) is 4.77 Å². The Labute approximate surface area is 110 Å². The van der Waals surface area contributed by atoms with Crippen LogP contribution in [0.1, 0.15) is 12.7 Å². The number of ether oxygens (including phenoxy) is 2. The first kappa shape index (κ1) is 12.6. The maximum absolute atomic E-state index is 5.29. The van der Waals surface area contributed by atoms with Gasteiger partial charge in [0.1, 0.15) is 5.82 Å². The lowest BCUT2D eigenvalue weighted by Crippen LogP contribution is -2.01. The summed E-state index contributed by atoms with van der Waals surface area (Å²) in [6.45, 7) is 2.03. The third kappa shape index (κ3) is 2.11. The molecule has 0 radical (unpaired) electrons. The van der Waals surface area contributed by atoms with Gasteiger partial charge in [0.05, 0.1) is 19.9 Å². The fraction of sp³-hybridized carbons (Fsp3) is 0.333. The number of rotatable bonds is 4. The van der Waals surface area contributed by atoms with Gasteiger partial charge in [-0.25, -0.2) is 0 Å². The van der Waals surface area contributed by atoms with Crippen molar-refractivity contribution in [2.75, 3.05) is 14.2 Å². The van der Waals surface area contributed by atoms with E-state index in [0.29, 0.717) is 16.3 Å². The van der Waals surface area contributed by atoms with Crippen molar-refractivity contribution in [3.05, 3.63) is 28.8 Å². The van der Waals surface area contributed by atoms with Crippen LogP contribution in [0.2, 0.25) is 0 Å². The number of aromatic nitrogens is 3. The minimum atomic E-state index is 0.569. The molecule has 0 aliphatic rings. The molecule has 0 spiro atoms. The van der Waals surface area contributed by atoms with Crippen molar-refractivity contribution < 1.29 is 9.47 Å². The second-order valence-electron chi connectivity index (χ2n) is 3.67. The number of benzene rings is 1. The molecule has 6 heteroatoms. The van der Waals surface area contributed by atoms with Crippen molar-refractivity contribution in [3.63, 3.8) is 0 Å². The highest BCUT2D eigenvalue weighted by atomic mass is 32.1. The van der Waals surface area contributed by atoms with Gasteiger partial charge in [-0.3, -0.25) is 9.67 Å². The monoisotopic (exact) mass is 265 g/mol. The van der Waals surface area contributed by atoms with E-state index in [-0.39, 0.29) is 0 Å². The van der Waals surface area contributed by atoms with Gasteiger partial charge in [0.25, 0.3) is 0 Å². The van der Waals surface area contributed by atoms with Crippen molar-refractivity contribution >= 4 is 12.2 Å². The van der Waals surface area contributed by atoms with Gasteiger partial charge in [-0.15, -0.1) is 0 Å². The average molecular weight is 265 g/mol. The zero-order valence-electron chi connectivity index (χ0n) is 10.6. The summed E-state index contributed by atoms with van der Waals surface area (Å²) in [7, 11) is 3.22. The van der Waals surface area contributed by atoms with Gasteiger partial charge in [0.2, 0.25) is 0 Å². The number of aromatic amines is 1. The summed E-state index contributed by atoms with van der Waals surface area (Å²) in [5, 5.41) is 6.98. The second kappa shape index (κ2) is 5.22. The van der Waals surface area contributed by atoms with Crippen LogP contribution in [-0.4, -0.2) is 29.0 Å². The van der Waals surface area contributed by atoms with E-state index in [1.807, 2.05) is 29.7 Å². The van der Waals surface area contributed by atoms with Gasteiger partial charge in [-0.1, -0.05) is 6.92 Å². The summed E-state index contributed by atoms with van der Waals surface area (Å²) in [5.74, 6) is 2.24. The Morgan fingerprint density at radius 2 is 2.00 bits per heavy atom. The third-order valence-corrected chi connectivity index (χ3v) is 2.96. The van der Waals surface area contributed by atoms with Crippen molar-refractivity contribution in [3.8, 4) is 17.2 Å². The van der Waals surface area contributed by atoms with Crippen molar-refractivity contribution in [1.82, 2.24) is 14.8 Å². The Balaban J connectivity index is 2.57. The molecule has 2 rings (SSSR count). The first-order valence-electron chi connectivity index (χ1n) is 5.60. The van der Waals surface area contributed by atoms with E-state index in [1.54, 1.807) is 14.2 Å². The number of aryl methyl sites for hydroxylation is 1. The van der Waals surface area contributed by atoms with E-state index in [2.05, 4.69) is 10.2 Å². The standard InChI is InChI=1S/C12H15N3O2S/c1-4-11-13-14-12(18)15(11)8-5-6-9(16-2)10(7-8)17-3/h5-7H,4H2,1-3H3,(H,14,18). The number of H-pyrrole nitrogens is 1. The van der Waals surface area contributed by atoms with E-state index in [0.717, 1.165) is 17.9 Å². The quantitative estimate of drug-likeness (QED) is 0.863. The molecule has 0 amide bonds. The molecule has 0 saturated carbocycles. The predicted molar refractivity (Wildman–Crippen MR) is 71.2 cm³/mol. The molecule has 0 fully saturated rings. The normalized spacial score (nSPS) is 10.4. The minimum Gasteiger partial charge on any atom is -0.493 e. The van der Waals surface area contributed by atoms with Crippen molar-refractivity contribution in [2.24, 2.45) is 0 Å². The molecule has 1 N–H and O–H groups in total. The molecule has 0 bridgehead atoms. The first-order chi connectivity index (χ1) is 8.71. The van der Waals surface area contributed by atoms with Crippen LogP contribution in [0.4, 0.5) is 0 Å². The molecule has 1 heterocycles. The number of nitrogens with one attached hydrogen (secondary N) is 1. The number of hydrogen-bond acceptors (Lipinski definition) is 4. The summed E-state index contributed by atoms with van der Waals surface area (Å²) < 4.78 is 13.0. The highest BCUT2D eigenvalue weighted by Crippen LogP contribution is 2.29. The topological polar surface area (TPSA) is 52.1 Å². The maximum atomic E-state index is 5.29. The first-order valence-corrected chi connectivity index (χ1v) is 6.00. The lowest BCUT2D eigenvalue weighted by atomic mass is 10.2. The maximum Gasteiger partial charge on any atom is 0.199 e. The summed E-state index contributed by atoms with van der Waals surface area (Å²) in [6, 6.07) is 5.65. The molecule has 96 valence electrons. The van der Waals surface area contributed by atoms with E-state index in [1.165, 1.54) is 0 Å². The van der Waals surface area contributed by atoms with Gasteiger partial charge >= 0.3 is 0 Å². The lowest BCUT2D eigenvalue weighted by Gasteiger charge is -2.11. The lowest BCUT2D eigenvalue weighted by molar-refractivity contribution is 0.355. The molecule has 5 nitrogen and oxygen atoms in total. The van der Waals surface area contributed by atoms with Gasteiger partial charge in [-0.2, -0.15) is 5.10 Å². The summed E-state index contributed by atoms with van der Waals surface area (Å²) in [5.41, 5.74) is 0.906. The molecule has 18 heavy (non-hydrogen) atoms. The minimum absolute atomic E-state index is 0.569. The Morgan fingerprint density at radius 3 is 2.61 bits per heavy atom. The predicted octanol–water partition coefficient (Wildman–Crippen LogP) is 2.51. The average Bonchev–Trinajstić information content (AvgIpc) is 2.79. The molecule has 1 aromatic heterocycles. The Hall–Kier alpha value is -1.82. The van der Waals surface area contributed by atoms with Gasteiger partial charge in [0, 0.05) is 12.5 Å². The van der Waals surface area contributed by atoms with Crippen molar-refractivity contribution in [1.29, 1.82) is 0 Å². The smallest absolute Gasteiger partial charge is 0.199 e. The highest BCUT2D eigenvalue weighted by molar-refractivity contribution is 7.71. The molecule has 0 aliphatic carbocycles. The fourth-order valence-electron chi connectivity index (χ4n) is 1.80. The third-order valence-electron chi connectivity index (χ3n) is 2.68. The van der Waals surface area contributed by atoms with Crippen LogP contribution in [0.3, 0.4) is 0 Å². The van der Waals surface area contributed by atoms with E-state index in [4.69, 9.17) is 21.7 Å². The largest absolute Gasteiger partial charge is 0.493 e. The zero-order valence-corrected chi connectivity index (χ0v) is 11.4. The van der Waals surface area contributed by atoms with E-state index >= 15 is 0 Å². The molecule has 1 aromatic carbocycles. The van der Waals surface area contributed by atoms with Gasteiger partial charge < -0.3 is 9.47 Å². The van der Waals surface area contributed by atoms with Crippen molar-refractivity contribution in [2.45, 2.75) is 13.3 Å². The Morgan fingerprint density at radius 1 is 1.28 bits per heavy atom. The molecule has 2 aromatic rings. The molecular weight excluding hydrogens is 250 g/mol. The summed E-state index contributed by atoms with van der Waals surface area (Å²) in [4.78, 5) is 0. The Kier molecular flexibility index (Phi) is 3.66. The van der Waals surface area contributed by atoms with Crippen LogP contribution < -0.4 is 9.47 Å².